The number of ether oxygens (including phenoxy) is 2. The normalized spacial score (nSPS) is 12.6. The van der Waals surface area contributed by atoms with E-state index in [4.69, 9.17) is 15.2 Å². The second-order valence-electron chi connectivity index (χ2n) is 5.46. The lowest BCUT2D eigenvalue weighted by molar-refractivity contribution is -0.144. The summed E-state index contributed by atoms with van der Waals surface area (Å²) < 4.78 is 9.71. The van der Waals surface area contributed by atoms with Crippen molar-refractivity contribution in [2.45, 2.75) is 33.2 Å². The van der Waals surface area contributed by atoms with Crippen molar-refractivity contribution in [1.82, 2.24) is 5.32 Å². The number of carbonyl (C=O) groups is 4. The van der Waals surface area contributed by atoms with Crippen molar-refractivity contribution in [3.63, 3.8) is 0 Å². The zero-order valence-electron chi connectivity index (χ0n) is 14.4. The Morgan fingerprint density at radius 3 is 2.24 bits per heavy atom. The van der Waals surface area contributed by atoms with Crippen molar-refractivity contribution in [2.75, 3.05) is 6.61 Å². The second kappa shape index (κ2) is 9.41. The number of hydrogen-bond donors (Lipinski definition) is 2. The number of carbonyl (C=O) groups excluding carboxylic acids is 4. The number of amides is 2. The monoisotopic (exact) mass is 350 g/mol. The molecule has 0 heterocycles. The van der Waals surface area contributed by atoms with Gasteiger partial charge in [-0.05, 0) is 37.1 Å². The topological polar surface area (TPSA) is 125 Å². The highest BCUT2D eigenvalue weighted by Crippen LogP contribution is 2.14. The second-order valence-corrected chi connectivity index (χ2v) is 5.46. The number of nitrogens with two attached hydrogens (primary N) is 1. The highest BCUT2D eigenvalue weighted by molar-refractivity contribution is 5.97. The fourth-order valence-corrected chi connectivity index (χ4v) is 2.16. The van der Waals surface area contributed by atoms with Crippen LogP contribution in [0.25, 0.3) is 0 Å². The molecule has 1 aromatic rings. The Kier molecular flexibility index (Phi) is 7.58. The molecule has 0 fully saturated rings. The molecular formula is C17H22N2O6. The van der Waals surface area contributed by atoms with Gasteiger partial charge in [0.05, 0.1) is 13.0 Å². The summed E-state index contributed by atoms with van der Waals surface area (Å²) in [5.41, 5.74) is 5.58. The number of benzene rings is 1. The standard InChI is InChI=1S/C17H22N2O6/c1-4-24-14(21)9-10(2)15(16(18)22)19-17(23)12-5-7-13(8-6-12)25-11(3)20/h5-8,10,15H,4,9H2,1-3H3,(H2,18,22)(H,19,23)/t10-,15-/m1/s1. The molecule has 2 atom stereocenters. The van der Waals surface area contributed by atoms with Crippen LogP contribution in [-0.2, 0) is 19.1 Å². The highest BCUT2D eigenvalue weighted by Gasteiger charge is 2.27. The summed E-state index contributed by atoms with van der Waals surface area (Å²) >= 11 is 0. The maximum atomic E-state index is 12.3. The van der Waals surface area contributed by atoms with Crippen LogP contribution in [0.3, 0.4) is 0 Å². The van der Waals surface area contributed by atoms with Gasteiger partial charge in [0.25, 0.3) is 5.91 Å². The van der Waals surface area contributed by atoms with Crippen LogP contribution < -0.4 is 15.8 Å². The largest absolute Gasteiger partial charge is 0.466 e. The van der Waals surface area contributed by atoms with Gasteiger partial charge in [-0.15, -0.1) is 0 Å². The number of hydrogen-bond acceptors (Lipinski definition) is 6. The molecule has 25 heavy (non-hydrogen) atoms. The van der Waals surface area contributed by atoms with Crippen LogP contribution in [0.15, 0.2) is 24.3 Å². The SMILES string of the molecule is CCOC(=O)C[C@@H](C)[C@@H](NC(=O)c1ccc(OC(C)=O)cc1)C(N)=O. The number of esters is 2. The van der Waals surface area contributed by atoms with Gasteiger partial charge in [-0.25, -0.2) is 0 Å². The predicted molar refractivity (Wildman–Crippen MR) is 88.6 cm³/mol. The third-order valence-corrected chi connectivity index (χ3v) is 3.33. The summed E-state index contributed by atoms with van der Waals surface area (Å²) in [7, 11) is 0. The van der Waals surface area contributed by atoms with Crippen LogP contribution in [0, 0.1) is 5.92 Å². The molecule has 0 aliphatic heterocycles. The van der Waals surface area contributed by atoms with E-state index >= 15 is 0 Å². The molecule has 0 bridgehead atoms. The Morgan fingerprint density at radius 2 is 1.76 bits per heavy atom. The summed E-state index contributed by atoms with van der Waals surface area (Å²) in [4.78, 5) is 46.3. The molecule has 0 saturated carbocycles. The third kappa shape index (κ3) is 6.62. The van der Waals surface area contributed by atoms with Gasteiger partial charge in [0.2, 0.25) is 5.91 Å². The van der Waals surface area contributed by atoms with Crippen molar-refractivity contribution in [1.29, 1.82) is 0 Å². The molecule has 0 saturated heterocycles. The van der Waals surface area contributed by atoms with Crippen LogP contribution in [0.5, 0.6) is 5.75 Å². The van der Waals surface area contributed by atoms with Crippen LogP contribution >= 0.6 is 0 Å². The lowest BCUT2D eigenvalue weighted by atomic mass is 9.97. The zero-order chi connectivity index (χ0) is 19.0. The molecule has 1 rings (SSSR count). The molecule has 0 unspecified atom stereocenters. The van der Waals surface area contributed by atoms with Gasteiger partial charge in [-0.2, -0.15) is 0 Å². The van der Waals surface area contributed by atoms with E-state index < -0.39 is 35.7 Å². The summed E-state index contributed by atoms with van der Waals surface area (Å²) in [6.07, 6.45) is -0.0485. The maximum Gasteiger partial charge on any atom is 0.308 e. The fraction of sp³-hybridized carbons (Fsp3) is 0.412. The van der Waals surface area contributed by atoms with E-state index in [-0.39, 0.29) is 18.6 Å². The first-order valence-electron chi connectivity index (χ1n) is 7.78. The van der Waals surface area contributed by atoms with Crippen LogP contribution in [0.4, 0.5) is 0 Å². The van der Waals surface area contributed by atoms with Crippen molar-refractivity contribution in [2.24, 2.45) is 11.7 Å². The minimum atomic E-state index is -1.02. The average molecular weight is 350 g/mol. The number of rotatable bonds is 8. The van der Waals surface area contributed by atoms with Crippen LogP contribution in [0.1, 0.15) is 37.6 Å². The van der Waals surface area contributed by atoms with Crippen molar-refractivity contribution in [3.8, 4) is 5.75 Å². The summed E-state index contributed by atoms with van der Waals surface area (Å²) in [5, 5.41) is 2.51. The first-order valence-corrected chi connectivity index (χ1v) is 7.78. The average Bonchev–Trinajstić information content (AvgIpc) is 2.52. The molecule has 0 aromatic heterocycles. The fourth-order valence-electron chi connectivity index (χ4n) is 2.16. The Bertz CT molecular complexity index is 641. The molecule has 8 heteroatoms. The van der Waals surface area contributed by atoms with E-state index in [1.54, 1.807) is 13.8 Å². The van der Waals surface area contributed by atoms with Gasteiger partial charge in [0.15, 0.2) is 0 Å². The van der Waals surface area contributed by atoms with Crippen molar-refractivity contribution in [3.05, 3.63) is 29.8 Å². The van der Waals surface area contributed by atoms with Gasteiger partial charge in [-0.1, -0.05) is 6.92 Å². The van der Waals surface area contributed by atoms with E-state index in [1.807, 2.05) is 0 Å². The molecule has 136 valence electrons. The van der Waals surface area contributed by atoms with E-state index in [0.29, 0.717) is 5.75 Å². The summed E-state index contributed by atoms with van der Waals surface area (Å²) in [5.74, 6) is -2.46. The van der Waals surface area contributed by atoms with E-state index in [9.17, 15) is 19.2 Å². The van der Waals surface area contributed by atoms with E-state index in [2.05, 4.69) is 5.32 Å². The lowest BCUT2D eigenvalue weighted by Crippen LogP contribution is -2.49. The summed E-state index contributed by atoms with van der Waals surface area (Å²) in [6, 6.07) is 4.78. The lowest BCUT2D eigenvalue weighted by Gasteiger charge is -2.21. The maximum absolute atomic E-state index is 12.3. The number of primary amides is 1. The molecule has 0 spiro atoms. The van der Waals surface area contributed by atoms with Gasteiger partial charge >= 0.3 is 11.9 Å². The molecular weight excluding hydrogens is 328 g/mol. The minimum Gasteiger partial charge on any atom is -0.466 e. The van der Waals surface area contributed by atoms with Crippen LogP contribution in [-0.4, -0.2) is 36.4 Å². The molecule has 2 amide bonds. The van der Waals surface area contributed by atoms with Crippen LogP contribution in [0.2, 0.25) is 0 Å². The molecule has 3 N–H and O–H groups in total. The highest BCUT2D eigenvalue weighted by atomic mass is 16.5. The molecule has 1 aromatic carbocycles. The van der Waals surface area contributed by atoms with Gasteiger partial charge in [0.1, 0.15) is 11.8 Å². The Labute approximate surface area is 145 Å². The quantitative estimate of drug-likeness (QED) is 0.527. The third-order valence-electron chi connectivity index (χ3n) is 3.33. The molecule has 0 aliphatic rings. The van der Waals surface area contributed by atoms with E-state index in [0.717, 1.165) is 0 Å². The van der Waals surface area contributed by atoms with Crippen molar-refractivity contribution >= 4 is 23.8 Å². The predicted octanol–water partition coefficient (Wildman–Crippen LogP) is 0.785. The van der Waals surface area contributed by atoms with Gasteiger partial charge in [0, 0.05) is 12.5 Å². The first-order chi connectivity index (χ1) is 11.7. The Balaban J connectivity index is 2.77. The Morgan fingerprint density at radius 1 is 1.16 bits per heavy atom. The molecule has 0 radical (unpaired) electrons. The van der Waals surface area contributed by atoms with Gasteiger partial charge < -0.3 is 20.5 Å². The Hall–Kier alpha value is -2.90. The number of nitrogens with one attached hydrogen (secondary N) is 1. The smallest absolute Gasteiger partial charge is 0.308 e. The molecule has 8 nitrogen and oxygen atoms in total. The summed E-state index contributed by atoms with van der Waals surface area (Å²) in [6.45, 7) is 4.79. The minimum absolute atomic E-state index is 0.0485. The first kappa shape index (κ1) is 20.1. The van der Waals surface area contributed by atoms with E-state index in [1.165, 1.54) is 31.2 Å². The van der Waals surface area contributed by atoms with Crippen molar-refractivity contribution < 1.29 is 28.7 Å². The zero-order valence-corrected chi connectivity index (χ0v) is 14.4. The van der Waals surface area contributed by atoms with Gasteiger partial charge in [-0.3, -0.25) is 19.2 Å². The molecule has 0 aliphatic carbocycles.